The summed E-state index contributed by atoms with van der Waals surface area (Å²) in [6, 6.07) is 0. The molecule has 0 amide bonds. The van der Waals surface area contributed by atoms with Crippen LogP contribution in [0.1, 0.15) is 32.6 Å². The van der Waals surface area contributed by atoms with Crippen molar-refractivity contribution in [3.63, 3.8) is 0 Å². The quantitative estimate of drug-likeness (QED) is 0.480. The van der Waals surface area contributed by atoms with E-state index in [4.69, 9.17) is 0 Å². The van der Waals surface area contributed by atoms with Gasteiger partial charge in [0.2, 0.25) is 6.33 Å². The second-order valence-electron chi connectivity index (χ2n) is 3.03. The Labute approximate surface area is 89.5 Å². The van der Waals surface area contributed by atoms with Crippen molar-refractivity contribution in [2.45, 2.75) is 32.6 Å². The van der Waals surface area contributed by atoms with Crippen molar-refractivity contribution in [1.29, 1.82) is 0 Å². The summed E-state index contributed by atoms with van der Waals surface area (Å²) in [5.74, 6) is 0. The van der Waals surface area contributed by atoms with Gasteiger partial charge in [-0.05, 0) is 6.42 Å². The highest BCUT2D eigenvalue weighted by Crippen LogP contribution is 1.99. The van der Waals surface area contributed by atoms with Gasteiger partial charge in [-0.25, -0.2) is 4.57 Å². The zero-order chi connectivity index (χ0) is 9.94. The van der Waals surface area contributed by atoms with E-state index in [2.05, 4.69) is 27.8 Å². The summed E-state index contributed by atoms with van der Waals surface area (Å²) >= 11 is 3.38. The highest BCUT2D eigenvalue weighted by atomic mass is 79.9. The maximum absolute atomic E-state index is 3.38. The van der Waals surface area contributed by atoms with Crippen LogP contribution in [-0.2, 0) is 7.05 Å². The predicted molar refractivity (Wildman–Crippen MR) is 59.9 cm³/mol. The van der Waals surface area contributed by atoms with E-state index in [1.165, 1.54) is 31.0 Å². The highest BCUT2D eigenvalue weighted by molar-refractivity contribution is 9.09. The van der Waals surface area contributed by atoms with Gasteiger partial charge in [0, 0.05) is 5.33 Å². The number of hydrogen-bond donors (Lipinski definition) is 1. The fraction of sp³-hybridized carbons (Fsp3) is 0.700. The molecule has 0 aliphatic carbocycles. The van der Waals surface area contributed by atoms with Gasteiger partial charge in [-0.2, -0.15) is 0 Å². The van der Waals surface area contributed by atoms with Crippen LogP contribution in [-0.4, -0.2) is 10.3 Å². The number of rotatable bonds is 4. The average molecular weight is 248 g/mol. The Balaban J connectivity index is 0.000000223. The number of unbranched alkanes of at least 4 members (excludes halogenated alkanes) is 3. The van der Waals surface area contributed by atoms with E-state index in [1.54, 1.807) is 0 Å². The summed E-state index contributed by atoms with van der Waals surface area (Å²) in [6.07, 6.45) is 11.2. The van der Waals surface area contributed by atoms with Crippen LogP contribution in [0, 0.1) is 0 Å². The Morgan fingerprint density at radius 2 is 2.08 bits per heavy atom. The molecule has 2 nitrogen and oxygen atoms in total. The first-order chi connectivity index (χ1) is 6.31. The molecule has 3 heteroatoms. The molecule has 1 aromatic heterocycles. The SMILES string of the molecule is CCCCCCBr.C[n+]1cc[nH]c1. The van der Waals surface area contributed by atoms with Crippen molar-refractivity contribution >= 4 is 15.9 Å². The van der Waals surface area contributed by atoms with E-state index in [0.29, 0.717) is 0 Å². The van der Waals surface area contributed by atoms with Crippen molar-refractivity contribution < 1.29 is 4.57 Å². The molecule has 0 atom stereocenters. The third-order valence-corrected chi connectivity index (χ3v) is 2.23. The third kappa shape index (κ3) is 9.61. The summed E-state index contributed by atoms with van der Waals surface area (Å²) in [4.78, 5) is 2.89. The fourth-order valence-electron chi connectivity index (χ4n) is 0.886. The normalized spacial score (nSPS) is 9.15. The number of aromatic nitrogens is 2. The average Bonchev–Trinajstić information content (AvgIpc) is 2.58. The highest BCUT2D eigenvalue weighted by Gasteiger charge is 1.81. The lowest BCUT2D eigenvalue weighted by molar-refractivity contribution is -0.670. The number of aryl methyl sites for hydroxylation is 1. The molecule has 1 N–H and O–H groups in total. The number of hydrogen-bond acceptors (Lipinski definition) is 0. The van der Waals surface area contributed by atoms with Crippen molar-refractivity contribution in [3.05, 3.63) is 18.7 Å². The van der Waals surface area contributed by atoms with Gasteiger partial charge >= 0.3 is 0 Å². The van der Waals surface area contributed by atoms with Gasteiger partial charge in [-0.1, -0.05) is 42.1 Å². The second kappa shape index (κ2) is 9.78. The van der Waals surface area contributed by atoms with Gasteiger partial charge in [-0.15, -0.1) is 0 Å². The van der Waals surface area contributed by atoms with E-state index in [-0.39, 0.29) is 0 Å². The zero-order valence-electron chi connectivity index (χ0n) is 8.59. The molecule has 1 rings (SSSR count). The molecule has 0 unspecified atom stereocenters. The summed E-state index contributed by atoms with van der Waals surface area (Å²) in [5.41, 5.74) is 0. The molecule has 1 aromatic rings. The maximum Gasteiger partial charge on any atom is 0.241 e. The standard InChI is InChI=1S/C6H13Br.C4H6N2/c1-2-3-4-5-6-7;1-6-3-2-5-4-6/h2-6H2,1H3;2-4H,1H3/p+1. The second-order valence-corrected chi connectivity index (χ2v) is 3.82. The Morgan fingerprint density at radius 3 is 2.38 bits per heavy atom. The summed E-state index contributed by atoms with van der Waals surface area (Å²) in [7, 11) is 1.97. The van der Waals surface area contributed by atoms with Gasteiger partial charge in [0.25, 0.3) is 0 Å². The Morgan fingerprint density at radius 1 is 1.31 bits per heavy atom. The minimum Gasteiger partial charge on any atom is -0.250 e. The lowest BCUT2D eigenvalue weighted by atomic mass is 10.2. The lowest BCUT2D eigenvalue weighted by Crippen LogP contribution is -2.22. The van der Waals surface area contributed by atoms with Crippen molar-refractivity contribution in [2.75, 3.05) is 5.33 Å². The molecule has 0 aromatic carbocycles. The topological polar surface area (TPSA) is 19.7 Å². The molecular formula is C10H20BrN2+. The molecule has 1 heterocycles. The first kappa shape index (κ1) is 12.7. The molecular weight excluding hydrogens is 228 g/mol. The van der Waals surface area contributed by atoms with Crippen LogP contribution >= 0.6 is 15.9 Å². The van der Waals surface area contributed by atoms with Crippen LogP contribution in [0.4, 0.5) is 0 Å². The van der Waals surface area contributed by atoms with E-state index >= 15 is 0 Å². The number of nitrogens with one attached hydrogen (secondary N) is 1. The van der Waals surface area contributed by atoms with Gasteiger partial charge in [-0.3, -0.25) is 4.98 Å². The molecule has 76 valence electrons. The Hall–Kier alpha value is -0.310. The van der Waals surface area contributed by atoms with Crippen LogP contribution in [0.5, 0.6) is 0 Å². The monoisotopic (exact) mass is 247 g/mol. The number of H-pyrrole nitrogens is 1. The van der Waals surface area contributed by atoms with E-state index in [0.717, 1.165) is 0 Å². The number of nitrogens with zero attached hydrogens (tertiary/aromatic N) is 1. The predicted octanol–water partition coefficient (Wildman–Crippen LogP) is 2.80. The van der Waals surface area contributed by atoms with Crippen molar-refractivity contribution in [2.24, 2.45) is 7.05 Å². The first-order valence-corrected chi connectivity index (χ1v) is 5.97. The van der Waals surface area contributed by atoms with Crippen LogP contribution < -0.4 is 4.57 Å². The van der Waals surface area contributed by atoms with E-state index in [1.807, 2.05) is 30.3 Å². The van der Waals surface area contributed by atoms with Gasteiger partial charge in [0.1, 0.15) is 12.4 Å². The minimum atomic E-state index is 1.17. The Kier molecular flexibility index (Phi) is 9.54. The Bertz CT molecular complexity index is 169. The van der Waals surface area contributed by atoms with Crippen LogP contribution in [0.15, 0.2) is 18.7 Å². The molecule has 0 fully saturated rings. The van der Waals surface area contributed by atoms with E-state index in [9.17, 15) is 0 Å². The smallest absolute Gasteiger partial charge is 0.241 e. The molecule has 0 radical (unpaired) electrons. The third-order valence-electron chi connectivity index (χ3n) is 1.67. The van der Waals surface area contributed by atoms with Crippen molar-refractivity contribution in [3.8, 4) is 0 Å². The van der Waals surface area contributed by atoms with Gasteiger partial charge < -0.3 is 0 Å². The minimum absolute atomic E-state index is 1.17. The van der Waals surface area contributed by atoms with Crippen LogP contribution in [0.3, 0.4) is 0 Å². The number of aromatic amines is 1. The van der Waals surface area contributed by atoms with Crippen LogP contribution in [0.2, 0.25) is 0 Å². The molecule has 13 heavy (non-hydrogen) atoms. The molecule has 0 spiro atoms. The number of imidazole rings is 1. The fourth-order valence-corrected chi connectivity index (χ4v) is 1.28. The largest absolute Gasteiger partial charge is 0.250 e. The van der Waals surface area contributed by atoms with Gasteiger partial charge in [0.05, 0.1) is 7.05 Å². The zero-order valence-corrected chi connectivity index (χ0v) is 10.2. The molecule has 0 aliphatic heterocycles. The lowest BCUT2D eigenvalue weighted by Gasteiger charge is -1.89. The molecule has 0 saturated heterocycles. The molecule has 0 aliphatic rings. The number of halogens is 1. The summed E-state index contributed by atoms with van der Waals surface area (Å²) in [6.45, 7) is 2.23. The first-order valence-electron chi connectivity index (χ1n) is 4.85. The summed E-state index contributed by atoms with van der Waals surface area (Å²) in [5, 5.41) is 1.17. The number of alkyl halides is 1. The molecule has 0 bridgehead atoms. The molecule has 0 saturated carbocycles. The van der Waals surface area contributed by atoms with Crippen molar-refractivity contribution in [1.82, 2.24) is 4.98 Å². The van der Waals surface area contributed by atoms with Gasteiger partial charge in [0.15, 0.2) is 0 Å². The van der Waals surface area contributed by atoms with E-state index < -0.39 is 0 Å². The maximum atomic E-state index is 3.38. The van der Waals surface area contributed by atoms with Crippen LogP contribution in [0.25, 0.3) is 0 Å². The summed E-state index contributed by atoms with van der Waals surface area (Å²) < 4.78 is 1.94.